The van der Waals surface area contributed by atoms with E-state index in [9.17, 15) is 14.4 Å². The van der Waals surface area contributed by atoms with Gasteiger partial charge >= 0.3 is 5.97 Å². The van der Waals surface area contributed by atoms with Crippen LogP contribution >= 0.6 is 23.2 Å². The minimum Gasteiger partial charge on any atom is -0.467 e. The summed E-state index contributed by atoms with van der Waals surface area (Å²) >= 11 is 12.3. The van der Waals surface area contributed by atoms with Crippen LogP contribution in [0.1, 0.15) is 30.7 Å². The number of hydrogen-bond acceptors (Lipinski definition) is 4. The third-order valence-corrected chi connectivity index (χ3v) is 5.19. The lowest BCUT2D eigenvalue weighted by Crippen LogP contribution is -2.61. The van der Waals surface area contributed by atoms with Gasteiger partial charge in [-0.25, -0.2) is 4.79 Å². The summed E-state index contributed by atoms with van der Waals surface area (Å²) in [5, 5.41) is 2.06. The SMILES string of the molecule is COC(=O)C1(NC(=O)C(Cl)c2ccccc2Cl)CCN(C(C)=O)CC1. The van der Waals surface area contributed by atoms with Crippen molar-refractivity contribution in [1.82, 2.24) is 10.2 Å². The van der Waals surface area contributed by atoms with Gasteiger partial charge in [-0.1, -0.05) is 29.8 Å². The molecule has 1 atom stereocenters. The van der Waals surface area contributed by atoms with Crippen LogP contribution in [-0.2, 0) is 19.1 Å². The minimum atomic E-state index is -1.20. The topological polar surface area (TPSA) is 75.7 Å². The molecular formula is C17H20Cl2N2O4. The molecule has 0 saturated carbocycles. The van der Waals surface area contributed by atoms with E-state index >= 15 is 0 Å². The van der Waals surface area contributed by atoms with Crippen LogP contribution in [0.2, 0.25) is 5.02 Å². The summed E-state index contributed by atoms with van der Waals surface area (Å²) in [6, 6.07) is 6.76. The Morgan fingerprint density at radius 1 is 1.24 bits per heavy atom. The van der Waals surface area contributed by atoms with Crippen molar-refractivity contribution >= 4 is 41.0 Å². The van der Waals surface area contributed by atoms with Crippen molar-refractivity contribution in [2.75, 3.05) is 20.2 Å². The first-order valence-electron chi connectivity index (χ1n) is 7.85. The van der Waals surface area contributed by atoms with E-state index in [4.69, 9.17) is 27.9 Å². The summed E-state index contributed by atoms with van der Waals surface area (Å²) in [7, 11) is 1.26. The molecule has 1 unspecified atom stereocenters. The zero-order valence-corrected chi connectivity index (χ0v) is 15.6. The molecule has 1 saturated heterocycles. The van der Waals surface area contributed by atoms with Crippen LogP contribution in [0.3, 0.4) is 0 Å². The van der Waals surface area contributed by atoms with E-state index < -0.39 is 22.8 Å². The number of amides is 2. The van der Waals surface area contributed by atoms with E-state index in [0.717, 1.165) is 0 Å². The van der Waals surface area contributed by atoms with Crippen molar-refractivity contribution in [2.45, 2.75) is 30.7 Å². The lowest BCUT2D eigenvalue weighted by atomic mass is 9.87. The van der Waals surface area contributed by atoms with Gasteiger partial charge in [-0.05, 0) is 24.5 Å². The molecule has 1 aliphatic rings. The third-order valence-electron chi connectivity index (χ3n) is 4.41. The van der Waals surface area contributed by atoms with E-state index in [0.29, 0.717) is 23.7 Å². The number of esters is 1. The number of alkyl halides is 1. The number of nitrogens with zero attached hydrogens (tertiary/aromatic N) is 1. The van der Waals surface area contributed by atoms with Gasteiger partial charge in [0.2, 0.25) is 11.8 Å². The van der Waals surface area contributed by atoms with Crippen molar-refractivity contribution in [3.05, 3.63) is 34.9 Å². The van der Waals surface area contributed by atoms with Gasteiger partial charge in [0.25, 0.3) is 0 Å². The summed E-state index contributed by atoms with van der Waals surface area (Å²) < 4.78 is 4.87. The molecule has 0 aliphatic carbocycles. The fraction of sp³-hybridized carbons (Fsp3) is 0.471. The van der Waals surface area contributed by atoms with E-state index in [-0.39, 0.29) is 18.7 Å². The Morgan fingerprint density at radius 2 is 1.84 bits per heavy atom. The highest BCUT2D eigenvalue weighted by Gasteiger charge is 2.45. The second kappa shape index (κ2) is 8.06. The molecular weight excluding hydrogens is 367 g/mol. The van der Waals surface area contributed by atoms with E-state index in [1.165, 1.54) is 14.0 Å². The highest BCUT2D eigenvalue weighted by molar-refractivity contribution is 6.36. The van der Waals surface area contributed by atoms with Gasteiger partial charge in [-0.15, -0.1) is 11.6 Å². The predicted octanol–water partition coefficient (Wildman–Crippen LogP) is 2.29. The van der Waals surface area contributed by atoms with Crippen LogP contribution in [0.4, 0.5) is 0 Å². The van der Waals surface area contributed by atoms with Crippen LogP contribution in [0.25, 0.3) is 0 Å². The number of rotatable bonds is 4. The highest BCUT2D eigenvalue weighted by atomic mass is 35.5. The summed E-state index contributed by atoms with van der Waals surface area (Å²) in [6.45, 7) is 2.17. The largest absolute Gasteiger partial charge is 0.467 e. The maximum Gasteiger partial charge on any atom is 0.331 e. The molecule has 0 spiro atoms. The molecule has 1 heterocycles. The third kappa shape index (κ3) is 4.25. The molecule has 25 heavy (non-hydrogen) atoms. The van der Waals surface area contributed by atoms with Crippen molar-refractivity contribution in [1.29, 1.82) is 0 Å². The second-order valence-electron chi connectivity index (χ2n) is 5.95. The van der Waals surface area contributed by atoms with Gasteiger partial charge in [-0.2, -0.15) is 0 Å². The summed E-state index contributed by atoms with van der Waals surface area (Å²) in [5.74, 6) is -1.15. The Labute approximate surface area is 156 Å². The van der Waals surface area contributed by atoms with Gasteiger partial charge in [0.15, 0.2) is 0 Å². The zero-order chi connectivity index (χ0) is 18.6. The van der Waals surface area contributed by atoms with Crippen molar-refractivity contribution in [3.63, 3.8) is 0 Å². The average molecular weight is 387 g/mol. The average Bonchev–Trinajstić information content (AvgIpc) is 2.61. The van der Waals surface area contributed by atoms with Crippen LogP contribution in [0, 0.1) is 0 Å². The molecule has 136 valence electrons. The molecule has 1 N–H and O–H groups in total. The molecule has 2 rings (SSSR count). The molecule has 0 bridgehead atoms. The Kier molecular flexibility index (Phi) is 6.30. The summed E-state index contributed by atoms with van der Waals surface area (Å²) in [6.07, 6.45) is 0.522. The van der Waals surface area contributed by atoms with Gasteiger partial charge < -0.3 is 15.0 Å². The van der Waals surface area contributed by atoms with E-state index in [1.54, 1.807) is 29.2 Å². The van der Waals surface area contributed by atoms with Crippen molar-refractivity contribution in [2.24, 2.45) is 0 Å². The number of carbonyl (C=O) groups is 3. The van der Waals surface area contributed by atoms with Crippen LogP contribution in [0.15, 0.2) is 24.3 Å². The number of hydrogen-bond donors (Lipinski definition) is 1. The van der Waals surface area contributed by atoms with Crippen LogP contribution in [-0.4, -0.2) is 48.4 Å². The molecule has 1 aromatic carbocycles. The monoisotopic (exact) mass is 386 g/mol. The first-order valence-corrected chi connectivity index (χ1v) is 8.66. The van der Waals surface area contributed by atoms with Gasteiger partial charge in [0, 0.05) is 25.0 Å². The number of halogens is 2. The summed E-state index contributed by atoms with van der Waals surface area (Å²) in [5.41, 5.74) is -0.740. The Hall–Kier alpha value is -1.79. The Morgan fingerprint density at radius 3 is 2.36 bits per heavy atom. The summed E-state index contributed by atoms with van der Waals surface area (Å²) in [4.78, 5) is 38.0. The van der Waals surface area contributed by atoms with Gasteiger partial charge in [-0.3, -0.25) is 9.59 Å². The normalized spacial score (nSPS) is 17.5. The Balaban J connectivity index is 2.18. The molecule has 1 aromatic rings. The first-order chi connectivity index (χ1) is 11.8. The van der Waals surface area contributed by atoms with E-state index in [1.807, 2.05) is 0 Å². The Bertz CT molecular complexity index is 672. The number of ether oxygens (including phenoxy) is 1. The quantitative estimate of drug-likeness (QED) is 0.636. The standard InChI is InChI=1S/C17H20Cl2N2O4/c1-11(22)21-9-7-17(8-10-21,16(24)25-2)20-15(23)14(19)12-5-3-4-6-13(12)18/h3-6,14H,7-10H2,1-2H3,(H,20,23). The van der Waals surface area contributed by atoms with E-state index in [2.05, 4.69) is 5.32 Å². The fourth-order valence-corrected chi connectivity index (χ4v) is 3.45. The lowest BCUT2D eigenvalue weighted by Gasteiger charge is -2.40. The number of piperidine rings is 1. The lowest BCUT2D eigenvalue weighted by molar-refractivity contribution is -0.154. The molecule has 2 amide bonds. The molecule has 1 aliphatic heterocycles. The highest BCUT2D eigenvalue weighted by Crippen LogP contribution is 2.30. The van der Waals surface area contributed by atoms with Gasteiger partial charge in [0.1, 0.15) is 10.9 Å². The molecule has 6 nitrogen and oxygen atoms in total. The fourth-order valence-electron chi connectivity index (χ4n) is 2.90. The number of benzene rings is 1. The van der Waals surface area contributed by atoms with Crippen LogP contribution in [0.5, 0.6) is 0 Å². The molecule has 0 radical (unpaired) electrons. The molecule has 0 aromatic heterocycles. The molecule has 1 fully saturated rings. The van der Waals surface area contributed by atoms with Crippen LogP contribution < -0.4 is 5.32 Å². The smallest absolute Gasteiger partial charge is 0.331 e. The maximum atomic E-state index is 12.6. The number of carbonyl (C=O) groups excluding carboxylic acids is 3. The minimum absolute atomic E-state index is 0.0731. The predicted molar refractivity (Wildman–Crippen MR) is 94.4 cm³/mol. The van der Waals surface area contributed by atoms with Crippen molar-refractivity contribution < 1.29 is 19.1 Å². The van der Waals surface area contributed by atoms with Crippen molar-refractivity contribution in [3.8, 4) is 0 Å². The number of likely N-dealkylation sites (tertiary alicyclic amines) is 1. The number of methoxy groups -OCH3 is 1. The maximum absolute atomic E-state index is 12.6. The first kappa shape index (κ1) is 19.5. The zero-order valence-electron chi connectivity index (χ0n) is 14.1. The van der Waals surface area contributed by atoms with Gasteiger partial charge in [0.05, 0.1) is 7.11 Å². The molecule has 8 heteroatoms. The second-order valence-corrected chi connectivity index (χ2v) is 6.80. The number of nitrogens with one attached hydrogen (secondary N) is 1.